The largest absolute Gasteiger partial charge is 0.496 e. The van der Waals surface area contributed by atoms with Gasteiger partial charge < -0.3 is 4.74 Å². The average Bonchev–Trinajstić information content (AvgIpc) is 2.90. The van der Waals surface area contributed by atoms with Gasteiger partial charge in [-0.1, -0.05) is 18.2 Å². The van der Waals surface area contributed by atoms with E-state index in [0.717, 1.165) is 25.2 Å². The van der Waals surface area contributed by atoms with Crippen LogP contribution in [0, 0.1) is 0 Å². The number of benzene rings is 2. The van der Waals surface area contributed by atoms with Crippen LogP contribution in [0.25, 0.3) is 10.1 Å². The first-order valence-electron chi connectivity index (χ1n) is 6.06. The van der Waals surface area contributed by atoms with Crippen molar-refractivity contribution in [2.45, 2.75) is 0 Å². The first-order chi connectivity index (χ1) is 9.69. The van der Waals surface area contributed by atoms with E-state index < -0.39 is 0 Å². The second-order valence-electron chi connectivity index (χ2n) is 4.33. The second-order valence-corrected chi connectivity index (χ2v) is 6.27. The van der Waals surface area contributed by atoms with Gasteiger partial charge in [-0.2, -0.15) is 0 Å². The van der Waals surface area contributed by atoms with Crippen molar-refractivity contribution in [2.24, 2.45) is 0 Å². The molecule has 1 heterocycles. The third-order valence-corrected chi connectivity index (χ3v) is 4.80. The molecule has 1 aromatic heterocycles. The fourth-order valence-electron chi connectivity index (χ4n) is 2.04. The minimum atomic E-state index is 0.0366. The fourth-order valence-corrected chi connectivity index (χ4v) is 3.61. The van der Waals surface area contributed by atoms with Crippen LogP contribution in [0.1, 0.15) is 15.2 Å². The molecular formula is C16H11BrO2S. The van der Waals surface area contributed by atoms with Gasteiger partial charge in [-0.3, -0.25) is 4.79 Å². The van der Waals surface area contributed by atoms with Gasteiger partial charge in [0, 0.05) is 10.3 Å². The fraction of sp³-hybridized carbons (Fsp3) is 0.0625. The standard InChI is InChI=1S/C16H11BrO2S/c1-19-13-7-6-11(8-12(13)17)16(18)15-9-10-4-2-3-5-14(10)20-15/h2-9H,1H3. The van der Waals surface area contributed by atoms with E-state index in [1.807, 2.05) is 30.3 Å². The predicted molar refractivity (Wildman–Crippen MR) is 86.0 cm³/mol. The van der Waals surface area contributed by atoms with Crippen LogP contribution in [0.2, 0.25) is 0 Å². The Balaban J connectivity index is 2.01. The SMILES string of the molecule is COc1ccc(C(=O)c2cc3ccccc3s2)cc1Br. The maximum absolute atomic E-state index is 12.5. The molecule has 100 valence electrons. The zero-order valence-corrected chi connectivity index (χ0v) is 13.1. The Labute approximate surface area is 129 Å². The van der Waals surface area contributed by atoms with Gasteiger partial charge >= 0.3 is 0 Å². The lowest BCUT2D eigenvalue weighted by atomic mass is 10.1. The minimum Gasteiger partial charge on any atom is -0.496 e. The molecule has 0 unspecified atom stereocenters. The van der Waals surface area contributed by atoms with E-state index in [9.17, 15) is 4.79 Å². The maximum atomic E-state index is 12.5. The van der Waals surface area contributed by atoms with Gasteiger partial charge in [-0.05, 0) is 51.6 Å². The topological polar surface area (TPSA) is 26.3 Å². The number of ketones is 1. The molecule has 0 aliphatic rings. The highest BCUT2D eigenvalue weighted by Gasteiger charge is 2.14. The molecule has 0 saturated carbocycles. The Kier molecular flexibility index (Phi) is 3.59. The predicted octanol–water partition coefficient (Wildman–Crippen LogP) is 4.90. The molecule has 0 atom stereocenters. The number of fused-ring (bicyclic) bond motifs is 1. The molecule has 0 spiro atoms. The summed E-state index contributed by atoms with van der Waals surface area (Å²) >= 11 is 4.93. The normalized spacial score (nSPS) is 10.7. The molecule has 0 amide bonds. The lowest BCUT2D eigenvalue weighted by Crippen LogP contribution is -1.98. The van der Waals surface area contributed by atoms with Crippen molar-refractivity contribution in [3.8, 4) is 5.75 Å². The van der Waals surface area contributed by atoms with Gasteiger partial charge in [0.2, 0.25) is 5.78 Å². The molecule has 0 saturated heterocycles. The quantitative estimate of drug-likeness (QED) is 0.630. The smallest absolute Gasteiger partial charge is 0.203 e. The third-order valence-electron chi connectivity index (χ3n) is 3.06. The Hall–Kier alpha value is -1.65. The molecule has 0 fully saturated rings. The van der Waals surface area contributed by atoms with E-state index in [1.165, 1.54) is 11.3 Å². The van der Waals surface area contributed by atoms with Crippen molar-refractivity contribution in [1.29, 1.82) is 0 Å². The van der Waals surface area contributed by atoms with Gasteiger partial charge in [-0.25, -0.2) is 0 Å². The van der Waals surface area contributed by atoms with Crippen molar-refractivity contribution in [2.75, 3.05) is 7.11 Å². The Bertz CT molecular complexity index is 759. The summed E-state index contributed by atoms with van der Waals surface area (Å²) in [5.41, 5.74) is 0.657. The van der Waals surface area contributed by atoms with E-state index in [1.54, 1.807) is 25.3 Å². The number of thiophene rings is 1. The molecule has 0 bridgehead atoms. The summed E-state index contributed by atoms with van der Waals surface area (Å²) < 4.78 is 7.09. The zero-order chi connectivity index (χ0) is 14.1. The summed E-state index contributed by atoms with van der Waals surface area (Å²) in [5.74, 6) is 0.757. The summed E-state index contributed by atoms with van der Waals surface area (Å²) in [6.07, 6.45) is 0. The maximum Gasteiger partial charge on any atom is 0.203 e. The molecule has 0 aliphatic carbocycles. The number of hydrogen-bond donors (Lipinski definition) is 0. The van der Waals surface area contributed by atoms with Crippen molar-refractivity contribution < 1.29 is 9.53 Å². The first kappa shape index (κ1) is 13.3. The van der Waals surface area contributed by atoms with Gasteiger partial charge in [0.25, 0.3) is 0 Å². The molecule has 4 heteroatoms. The lowest BCUT2D eigenvalue weighted by Gasteiger charge is -2.04. The highest BCUT2D eigenvalue weighted by molar-refractivity contribution is 9.10. The third kappa shape index (κ3) is 2.37. The number of carbonyl (C=O) groups is 1. The van der Waals surface area contributed by atoms with Crippen LogP contribution in [0.5, 0.6) is 5.75 Å². The van der Waals surface area contributed by atoms with Crippen LogP contribution in [0.3, 0.4) is 0 Å². The molecule has 20 heavy (non-hydrogen) atoms. The van der Waals surface area contributed by atoms with Gasteiger partial charge in [0.15, 0.2) is 0 Å². The van der Waals surface area contributed by atoms with Crippen molar-refractivity contribution in [3.05, 3.63) is 63.4 Å². The summed E-state index contributed by atoms with van der Waals surface area (Å²) in [6.45, 7) is 0. The Morgan fingerprint density at radius 2 is 1.95 bits per heavy atom. The summed E-state index contributed by atoms with van der Waals surface area (Å²) in [4.78, 5) is 13.3. The van der Waals surface area contributed by atoms with Gasteiger partial charge in [0.05, 0.1) is 16.5 Å². The van der Waals surface area contributed by atoms with E-state index in [4.69, 9.17) is 4.74 Å². The van der Waals surface area contributed by atoms with E-state index in [-0.39, 0.29) is 5.78 Å². The van der Waals surface area contributed by atoms with Crippen molar-refractivity contribution in [3.63, 3.8) is 0 Å². The molecular weight excluding hydrogens is 336 g/mol. The van der Waals surface area contributed by atoms with Gasteiger partial charge in [0.1, 0.15) is 5.75 Å². The van der Waals surface area contributed by atoms with Crippen LogP contribution in [-0.4, -0.2) is 12.9 Å². The van der Waals surface area contributed by atoms with Crippen LogP contribution >= 0.6 is 27.3 Å². The van der Waals surface area contributed by atoms with Gasteiger partial charge in [-0.15, -0.1) is 11.3 Å². The van der Waals surface area contributed by atoms with Crippen LogP contribution < -0.4 is 4.74 Å². The number of methoxy groups -OCH3 is 1. The number of rotatable bonds is 3. The lowest BCUT2D eigenvalue weighted by molar-refractivity contribution is 0.104. The molecule has 0 radical (unpaired) electrons. The number of carbonyl (C=O) groups excluding carboxylic acids is 1. The van der Waals surface area contributed by atoms with Crippen LogP contribution in [0.15, 0.2) is 53.0 Å². The average molecular weight is 347 g/mol. The Morgan fingerprint density at radius 1 is 1.15 bits per heavy atom. The van der Waals surface area contributed by atoms with E-state index >= 15 is 0 Å². The van der Waals surface area contributed by atoms with E-state index in [0.29, 0.717) is 5.56 Å². The van der Waals surface area contributed by atoms with Crippen molar-refractivity contribution in [1.82, 2.24) is 0 Å². The Morgan fingerprint density at radius 3 is 2.65 bits per heavy atom. The highest BCUT2D eigenvalue weighted by Crippen LogP contribution is 2.30. The number of halogens is 1. The zero-order valence-electron chi connectivity index (χ0n) is 10.7. The summed E-state index contributed by atoms with van der Waals surface area (Å²) in [5, 5.41) is 1.11. The molecule has 3 rings (SSSR count). The minimum absolute atomic E-state index is 0.0366. The second kappa shape index (κ2) is 5.38. The number of ether oxygens (including phenoxy) is 1. The van der Waals surface area contributed by atoms with E-state index in [2.05, 4.69) is 15.9 Å². The molecule has 0 N–H and O–H groups in total. The summed E-state index contributed by atoms with van der Waals surface area (Å²) in [6, 6.07) is 15.3. The monoisotopic (exact) mass is 346 g/mol. The van der Waals surface area contributed by atoms with Crippen LogP contribution in [-0.2, 0) is 0 Å². The summed E-state index contributed by atoms with van der Waals surface area (Å²) in [7, 11) is 1.60. The van der Waals surface area contributed by atoms with Crippen LogP contribution in [0.4, 0.5) is 0 Å². The number of hydrogen-bond acceptors (Lipinski definition) is 3. The molecule has 2 aromatic carbocycles. The highest BCUT2D eigenvalue weighted by atomic mass is 79.9. The molecule has 3 aromatic rings. The first-order valence-corrected chi connectivity index (χ1v) is 7.67. The van der Waals surface area contributed by atoms with Crippen molar-refractivity contribution >= 4 is 43.1 Å². The molecule has 2 nitrogen and oxygen atoms in total. The molecule has 0 aliphatic heterocycles.